The number of carbonyl (C=O) groups excluding carboxylic acids is 3. The number of nitrogens with one attached hydrogen (secondary N) is 1. The molecule has 7 heteroatoms. The number of para-hydroxylation sites is 1. The van der Waals surface area contributed by atoms with Gasteiger partial charge in [-0.1, -0.05) is 43.2 Å². The van der Waals surface area contributed by atoms with Gasteiger partial charge in [-0.05, 0) is 31.9 Å². The number of nitrogens with zero attached hydrogens (tertiary/aromatic N) is 1. The summed E-state index contributed by atoms with van der Waals surface area (Å²) < 4.78 is 6.33. The fourth-order valence-electron chi connectivity index (χ4n) is 5.79. The summed E-state index contributed by atoms with van der Waals surface area (Å²) in [6, 6.07) is 8.31. The van der Waals surface area contributed by atoms with Gasteiger partial charge in [0.15, 0.2) is 0 Å². The zero-order valence-corrected chi connectivity index (χ0v) is 16.3. The van der Waals surface area contributed by atoms with Gasteiger partial charge < -0.3 is 15.8 Å². The van der Waals surface area contributed by atoms with Gasteiger partial charge in [0.25, 0.3) is 0 Å². The Balaban J connectivity index is 1.61. The molecule has 0 unspecified atom stereocenters. The second-order valence-electron chi connectivity index (χ2n) is 8.77. The fourth-order valence-corrected chi connectivity index (χ4v) is 5.79. The zero-order valence-electron chi connectivity index (χ0n) is 16.3. The van der Waals surface area contributed by atoms with Crippen molar-refractivity contribution in [1.82, 2.24) is 5.32 Å². The van der Waals surface area contributed by atoms with Gasteiger partial charge in [0.05, 0.1) is 17.4 Å². The molecule has 1 aromatic rings. The van der Waals surface area contributed by atoms with Crippen molar-refractivity contribution in [3.63, 3.8) is 0 Å². The van der Waals surface area contributed by atoms with Crippen LogP contribution in [0.2, 0.25) is 0 Å². The van der Waals surface area contributed by atoms with Crippen molar-refractivity contribution in [2.24, 2.45) is 17.6 Å². The number of nitrogens with two attached hydrogens (primary N) is 1. The van der Waals surface area contributed by atoms with E-state index in [9.17, 15) is 14.4 Å². The van der Waals surface area contributed by atoms with Gasteiger partial charge in [0, 0.05) is 11.7 Å². The summed E-state index contributed by atoms with van der Waals surface area (Å²) in [4.78, 5) is 40.9. The van der Waals surface area contributed by atoms with E-state index < -0.39 is 35.0 Å². The molecule has 3 heterocycles. The normalized spacial score (nSPS) is 37.9. The van der Waals surface area contributed by atoms with Gasteiger partial charge in [-0.25, -0.2) is 0 Å². The lowest BCUT2D eigenvalue weighted by Gasteiger charge is -2.33. The van der Waals surface area contributed by atoms with E-state index in [4.69, 9.17) is 10.5 Å². The monoisotopic (exact) mass is 395 g/mol. The van der Waals surface area contributed by atoms with E-state index in [-0.39, 0.29) is 17.9 Å². The number of fused-ring (bicyclic) bond motifs is 1. The minimum atomic E-state index is -1.19. The van der Waals surface area contributed by atoms with Gasteiger partial charge in [-0.2, -0.15) is 0 Å². The van der Waals surface area contributed by atoms with E-state index in [0.29, 0.717) is 5.69 Å². The molecule has 4 aliphatic rings. The molecule has 1 aromatic carbocycles. The summed E-state index contributed by atoms with van der Waals surface area (Å²) in [6.07, 6.45) is 7.64. The van der Waals surface area contributed by atoms with Crippen LogP contribution < -0.4 is 16.0 Å². The topological polar surface area (TPSA) is 102 Å². The molecule has 3 aliphatic heterocycles. The van der Waals surface area contributed by atoms with E-state index in [2.05, 4.69) is 5.32 Å². The third-order valence-corrected chi connectivity index (χ3v) is 6.99. The summed E-state index contributed by atoms with van der Waals surface area (Å²) in [5.74, 6) is -2.73. The van der Waals surface area contributed by atoms with Crippen molar-refractivity contribution in [2.45, 2.75) is 55.9 Å². The molecule has 2 bridgehead atoms. The Labute approximate surface area is 169 Å². The zero-order chi connectivity index (χ0) is 20.4. The molecule has 152 valence electrons. The van der Waals surface area contributed by atoms with Gasteiger partial charge in [-0.15, -0.1) is 0 Å². The van der Waals surface area contributed by atoms with Gasteiger partial charge in [0.1, 0.15) is 11.6 Å². The molecule has 5 rings (SSSR count). The maximum absolute atomic E-state index is 13.6. The number of hydrogen-bond donors (Lipinski definition) is 2. The second kappa shape index (κ2) is 6.16. The van der Waals surface area contributed by atoms with Crippen molar-refractivity contribution in [3.8, 4) is 0 Å². The second-order valence-corrected chi connectivity index (χ2v) is 8.77. The summed E-state index contributed by atoms with van der Waals surface area (Å²) in [6.45, 7) is 1.76. The van der Waals surface area contributed by atoms with Crippen molar-refractivity contribution >= 4 is 23.4 Å². The number of rotatable bonds is 4. The van der Waals surface area contributed by atoms with Crippen LogP contribution in [-0.4, -0.2) is 41.0 Å². The van der Waals surface area contributed by atoms with Crippen LogP contribution in [0.25, 0.3) is 0 Å². The van der Waals surface area contributed by atoms with Crippen LogP contribution in [0.15, 0.2) is 42.5 Å². The fraction of sp³-hybridized carbons (Fsp3) is 0.500. The van der Waals surface area contributed by atoms with Gasteiger partial charge >= 0.3 is 0 Å². The molecule has 3 N–H and O–H groups in total. The van der Waals surface area contributed by atoms with Crippen LogP contribution >= 0.6 is 0 Å². The Bertz CT molecular complexity index is 910. The van der Waals surface area contributed by atoms with E-state index in [1.807, 2.05) is 18.2 Å². The lowest BCUT2D eigenvalue weighted by Crippen LogP contribution is -2.56. The first-order valence-corrected chi connectivity index (χ1v) is 10.3. The van der Waals surface area contributed by atoms with E-state index in [0.717, 1.165) is 25.7 Å². The number of carbonyl (C=O) groups is 3. The molecule has 0 radical (unpaired) electrons. The Morgan fingerprint density at radius 3 is 2.52 bits per heavy atom. The highest BCUT2D eigenvalue weighted by Gasteiger charge is 2.76. The third kappa shape index (κ3) is 2.43. The van der Waals surface area contributed by atoms with Crippen LogP contribution in [0.4, 0.5) is 5.69 Å². The van der Waals surface area contributed by atoms with Crippen LogP contribution in [0.5, 0.6) is 0 Å². The molecule has 1 saturated carbocycles. The maximum atomic E-state index is 13.6. The van der Waals surface area contributed by atoms with Crippen LogP contribution in [-0.2, 0) is 19.1 Å². The molecular weight excluding hydrogens is 370 g/mol. The average Bonchev–Trinajstić information content (AvgIpc) is 3.42. The van der Waals surface area contributed by atoms with Crippen molar-refractivity contribution < 1.29 is 19.1 Å². The Morgan fingerprint density at radius 2 is 1.86 bits per heavy atom. The Hall–Kier alpha value is -2.67. The van der Waals surface area contributed by atoms with E-state index in [1.54, 1.807) is 31.2 Å². The number of benzene rings is 1. The molecule has 7 nitrogen and oxygen atoms in total. The number of amides is 3. The van der Waals surface area contributed by atoms with E-state index in [1.165, 1.54) is 4.90 Å². The number of anilines is 1. The first kappa shape index (κ1) is 18.4. The standard InChI is InChI=1S/C22H25N3O4/c1-21-11-12-22(29-21)16(15(21)18(23)26)20(28)25(14-9-3-2-4-10-14)17(22)19(27)24-13-7-5-6-8-13/h2-4,9-13,15-17H,5-8H2,1H3,(H2,23,26)(H,24,27)/t15-,16-,17-,21-,22+/m0/s1. The highest BCUT2D eigenvalue weighted by atomic mass is 16.5. The molecule has 5 atom stereocenters. The highest BCUT2D eigenvalue weighted by Crippen LogP contribution is 2.60. The maximum Gasteiger partial charge on any atom is 0.246 e. The predicted octanol–water partition coefficient (Wildman–Crippen LogP) is 1.28. The number of ether oxygens (including phenoxy) is 1. The molecule has 1 aliphatic carbocycles. The first-order valence-electron chi connectivity index (χ1n) is 10.3. The highest BCUT2D eigenvalue weighted by molar-refractivity contribution is 6.10. The SMILES string of the molecule is C[C@@]12C=C[C@@]3(O1)[C@H](C(=O)N(c1ccccc1)[C@H]3C(=O)NC1CCCC1)[C@H]2C(N)=O. The summed E-state index contributed by atoms with van der Waals surface area (Å²) in [5, 5.41) is 3.13. The summed E-state index contributed by atoms with van der Waals surface area (Å²) in [7, 11) is 0. The summed E-state index contributed by atoms with van der Waals surface area (Å²) >= 11 is 0. The number of primary amides is 1. The molecule has 2 saturated heterocycles. The van der Waals surface area contributed by atoms with Gasteiger partial charge in [-0.3, -0.25) is 19.3 Å². The van der Waals surface area contributed by atoms with Crippen LogP contribution in [0, 0.1) is 11.8 Å². The quantitative estimate of drug-likeness (QED) is 0.750. The Morgan fingerprint density at radius 1 is 1.17 bits per heavy atom. The minimum absolute atomic E-state index is 0.107. The third-order valence-electron chi connectivity index (χ3n) is 6.99. The summed E-state index contributed by atoms with van der Waals surface area (Å²) in [5.41, 5.74) is 4.15. The number of hydrogen-bond acceptors (Lipinski definition) is 4. The molecule has 3 fully saturated rings. The lowest BCUT2D eigenvalue weighted by atomic mass is 9.70. The van der Waals surface area contributed by atoms with Crippen molar-refractivity contribution in [1.29, 1.82) is 0 Å². The average molecular weight is 395 g/mol. The minimum Gasteiger partial charge on any atom is -0.369 e. The van der Waals surface area contributed by atoms with Crippen LogP contribution in [0.1, 0.15) is 32.6 Å². The smallest absolute Gasteiger partial charge is 0.246 e. The molecule has 3 amide bonds. The van der Waals surface area contributed by atoms with Crippen molar-refractivity contribution in [2.75, 3.05) is 4.90 Å². The molecule has 0 aromatic heterocycles. The lowest BCUT2D eigenvalue weighted by molar-refractivity contribution is -0.132. The largest absolute Gasteiger partial charge is 0.369 e. The molecule has 1 spiro atoms. The predicted molar refractivity (Wildman–Crippen MR) is 106 cm³/mol. The molecular formula is C22H25N3O4. The molecule has 29 heavy (non-hydrogen) atoms. The van der Waals surface area contributed by atoms with Gasteiger partial charge in [0.2, 0.25) is 17.7 Å². The van der Waals surface area contributed by atoms with Crippen LogP contribution in [0.3, 0.4) is 0 Å². The van der Waals surface area contributed by atoms with Crippen molar-refractivity contribution in [3.05, 3.63) is 42.5 Å². The van der Waals surface area contributed by atoms with E-state index >= 15 is 0 Å². The Kier molecular flexibility index (Phi) is 3.90. The first-order chi connectivity index (χ1) is 13.9.